The maximum absolute atomic E-state index is 6.25. The third-order valence-electron chi connectivity index (χ3n) is 9.68. The van der Waals surface area contributed by atoms with E-state index in [0.29, 0.717) is 0 Å². The van der Waals surface area contributed by atoms with Gasteiger partial charge in [0.25, 0.3) is 0 Å². The van der Waals surface area contributed by atoms with Crippen molar-refractivity contribution in [1.29, 1.82) is 0 Å². The summed E-state index contributed by atoms with van der Waals surface area (Å²) < 4.78 is 8.99. The third kappa shape index (κ3) is 3.40. The van der Waals surface area contributed by atoms with Crippen molar-refractivity contribution < 1.29 is 4.42 Å². The molecule has 0 spiro atoms. The number of aryl methyl sites for hydroxylation is 2. The maximum atomic E-state index is 6.25. The number of hydrogen-bond donors (Lipinski definition) is 0. The Labute approximate surface area is 255 Å². The molecular weight excluding hydrogens is 543 g/mol. The molecule has 2 aromatic heterocycles. The van der Waals surface area contributed by atoms with Crippen LogP contribution in [-0.2, 0) is 6.42 Å². The first kappa shape index (κ1) is 24.9. The van der Waals surface area contributed by atoms with Crippen LogP contribution in [0.15, 0.2) is 114 Å². The molecule has 1 aliphatic carbocycles. The van der Waals surface area contributed by atoms with Crippen LogP contribution in [0.25, 0.3) is 58.8 Å². The lowest BCUT2D eigenvalue weighted by Gasteiger charge is -2.41. The summed E-state index contributed by atoms with van der Waals surface area (Å²) in [6.07, 6.45) is 8.88. The topological polar surface area (TPSA) is 16.4 Å². The number of allylic oxidation sites excluding steroid dienone is 2. The lowest BCUT2D eigenvalue weighted by Crippen LogP contribution is -2.41. The monoisotopic (exact) mass is 573 g/mol. The standard InChI is InChI=1S/C40H31NOS/c1-4-25-10-9-12-27(26-16-20-35-31(23-26)30-22-24(2)15-19-34(30)42-35)38(25)41-33-18-17-29-28-11-5-6-14-36(28)43-39(29)37(33)32-13-7-8-21-40(32,41)3/h5-20,22-23H,4,21H2,1-3H3. The van der Waals surface area contributed by atoms with Gasteiger partial charge in [-0.05, 0) is 79.8 Å². The van der Waals surface area contributed by atoms with Gasteiger partial charge in [-0.1, -0.05) is 85.3 Å². The average Bonchev–Trinajstić information content (AvgIpc) is 3.67. The fourth-order valence-corrected chi connectivity index (χ4v) is 8.87. The Morgan fingerprint density at radius 1 is 0.837 bits per heavy atom. The van der Waals surface area contributed by atoms with Crippen LogP contribution in [0.4, 0.5) is 11.4 Å². The molecule has 2 aliphatic rings. The van der Waals surface area contributed by atoms with Crippen molar-refractivity contribution in [2.45, 2.75) is 39.2 Å². The number of thiophene rings is 1. The maximum Gasteiger partial charge on any atom is 0.135 e. The van der Waals surface area contributed by atoms with Crippen LogP contribution in [0.1, 0.15) is 37.0 Å². The molecule has 0 amide bonds. The SMILES string of the molecule is CCc1cccc(-c2ccc3oc4ccc(C)cc4c3c2)c1N1c2ccc3c(sc4ccccc43)c2C2=CC=CCC21C. The van der Waals surface area contributed by atoms with Gasteiger partial charge in [-0.2, -0.15) is 0 Å². The molecule has 3 heterocycles. The van der Waals surface area contributed by atoms with Crippen LogP contribution < -0.4 is 4.90 Å². The van der Waals surface area contributed by atoms with Crippen LogP contribution in [-0.4, -0.2) is 5.54 Å². The normalized spacial score (nSPS) is 17.7. The number of anilines is 2. The number of hydrogen-bond acceptors (Lipinski definition) is 3. The zero-order valence-electron chi connectivity index (χ0n) is 24.6. The van der Waals surface area contributed by atoms with Crippen LogP contribution >= 0.6 is 11.3 Å². The van der Waals surface area contributed by atoms with Gasteiger partial charge in [0.2, 0.25) is 0 Å². The molecule has 1 atom stereocenters. The second-order valence-electron chi connectivity index (χ2n) is 12.2. The molecule has 0 saturated heterocycles. The number of nitrogens with zero attached hydrogens (tertiary/aromatic N) is 1. The summed E-state index contributed by atoms with van der Waals surface area (Å²) >= 11 is 1.93. The Kier molecular flexibility index (Phi) is 5.19. The van der Waals surface area contributed by atoms with E-state index in [4.69, 9.17) is 4.42 Å². The highest BCUT2D eigenvalue weighted by molar-refractivity contribution is 7.26. The van der Waals surface area contributed by atoms with E-state index in [9.17, 15) is 0 Å². The molecule has 208 valence electrons. The van der Waals surface area contributed by atoms with E-state index in [0.717, 1.165) is 24.0 Å². The smallest absolute Gasteiger partial charge is 0.135 e. The van der Waals surface area contributed by atoms with Gasteiger partial charge < -0.3 is 9.32 Å². The Morgan fingerprint density at radius 3 is 2.56 bits per heavy atom. The molecular formula is C40H31NOS. The van der Waals surface area contributed by atoms with Gasteiger partial charge in [0.05, 0.1) is 16.9 Å². The summed E-state index contributed by atoms with van der Waals surface area (Å²) in [6.45, 7) is 6.87. The lowest BCUT2D eigenvalue weighted by molar-refractivity contribution is 0.606. The summed E-state index contributed by atoms with van der Waals surface area (Å²) in [5, 5.41) is 5.06. The van der Waals surface area contributed by atoms with Crippen LogP contribution in [0.2, 0.25) is 0 Å². The molecule has 5 aromatic carbocycles. The highest BCUT2D eigenvalue weighted by Crippen LogP contribution is 2.59. The lowest BCUT2D eigenvalue weighted by atomic mass is 9.82. The molecule has 0 saturated carbocycles. The highest BCUT2D eigenvalue weighted by atomic mass is 32.1. The van der Waals surface area contributed by atoms with Crippen LogP contribution in [0, 0.1) is 6.92 Å². The number of fused-ring (bicyclic) bond motifs is 10. The second-order valence-corrected chi connectivity index (χ2v) is 13.3. The Balaban J connectivity index is 1.33. The van der Waals surface area contributed by atoms with Crippen molar-refractivity contribution in [3.8, 4) is 11.1 Å². The van der Waals surface area contributed by atoms with Crippen molar-refractivity contribution in [3.63, 3.8) is 0 Å². The first-order valence-corrected chi connectivity index (χ1v) is 16.0. The molecule has 1 unspecified atom stereocenters. The molecule has 0 bridgehead atoms. The Bertz CT molecular complexity index is 2350. The third-order valence-corrected chi connectivity index (χ3v) is 10.9. The molecule has 1 aliphatic heterocycles. The van der Waals surface area contributed by atoms with Gasteiger partial charge in [0.1, 0.15) is 11.2 Å². The Morgan fingerprint density at radius 2 is 1.67 bits per heavy atom. The first-order chi connectivity index (χ1) is 21.0. The Hall–Kier alpha value is -4.60. The van der Waals surface area contributed by atoms with Gasteiger partial charge in [0, 0.05) is 42.1 Å². The molecule has 2 nitrogen and oxygen atoms in total. The van der Waals surface area contributed by atoms with E-state index in [1.165, 1.54) is 75.7 Å². The largest absolute Gasteiger partial charge is 0.456 e. The van der Waals surface area contributed by atoms with Crippen molar-refractivity contribution in [2.75, 3.05) is 4.90 Å². The van der Waals surface area contributed by atoms with Gasteiger partial charge in [0.15, 0.2) is 0 Å². The zero-order valence-corrected chi connectivity index (χ0v) is 25.4. The van der Waals surface area contributed by atoms with E-state index in [1.54, 1.807) is 0 Å². The van der Waals surface area contributed by atoms with E-state index in [-0.39, 0.29) is 5.54 Å². The fraction of sp³-hybridized carbons (Fsp3) is 0.150. The summed E-state index contributed by atoms with van der Waals surface area (Å²) in [6, 6.07) is 33.6. The van der Waals surface area contributed by atoms with E-state index in [1.807, 2.05) is 11.3 Å². The van der Waals surface area contributed by atoms with Crippen LogP contribution in [0.3, 0.4) is 0 Å². The fourth-order valence-electron chi connectivity index (χ4n) is 7.61. The summed E-state index contributed by atoms with van der Waals surface area (Å²) in [5.41, 5.74) is 12.2. The summed E-state index contributed by atoms with van der Waals surface area (Å²) in [4.78, 5) is 2.68. The molecule has 9 rings (SSSR count). The highest BCUT2D eigenvalue weighted by Gasteiger charge is 2.47. The molecule has 7 aromatic rings. The second kappa shape index (κ2) is 8.95. The van der Waals surface area contributed by atoms with Gasteiger partial charge in [-0.3, -0.25) is 0 Å². The molecule has 0 fully saturated rings. The van der Waals surface area contributed by atoms with Crippen LogP contribution in [0.5, 0.6) is 0 Å². The molecule has 0 radical (unpaired) electrons. The minimum absolute atomic E-state index is 0.189. The number of furan rings is 1. The van der Waals surface area contributed by atoms with Crippen molar-refractivity contribution in [2.24, 2.45) is 0 Å². The molecule has 43 heavy (non-hydrogen) atoms. The van der Waals surface area contributed by atoms with E-state index >= 15 is 0 Å². The zero-order chi connectivity index (χ0) is 28.9. The van der Waals surface area contributed by atoms with Gasteiger partial charge >= 0.3 is 0 Å². The summed E-state index contributed by atoms with van der Waals surface area (Å²) in [5.74, 6) is 0. The minimum Gasteiger partial charge on any atom is -0.456 e. The number of rotatable bonds is 3. The number of para-hydroxylation sites is 1. The predicted octanol–water partition coefficient (Wildman–Crippen LogP) is 11.7. The van der Waals surface area contributed by atoms with Gasteiger partial charge in [-0.15, -0.1) is 11.3 Å². The minimum atomic E-state index is -0.189. The van der Waals surface area contributed by atoms with E-state index in [2.05, 4.69) is 135 Å². The number of benzene rings is 5. The quantitative estimate of drug-likeness (QED) is 0.209. The molecule has 3 heteroatoms. The average molecular weight is 574 g/mol. The molecule has 0 N–H and O–H groups in total. The van der Waals surface area contributed by atoms with Crippen molar-refractivity contribution in [3.05, 3.63) is 126 Å². The van der Waals surface area contributed by atoms with E-state index < -0.39 is 0 Å². The van der Waals surface area contributed by atoms with Crippen molar-refractivity contribution in [1.82, 2.24) is 0 Å². The predicted molar refractivity (Wildman–Crippen MR) is 185 cm³/mol. The van der Waals surface area contributed by atoms with Crippen molar-refractivity contribution >= 4 is 70.4 Å². The van der Waals surface area contributed by atoms with Gasteiger partial charge in [-0.25, -0.2) is 0 Å². The summed E-state index contributed by atoms with van der Waals surface area (Å²) in [7, 11) is 0. The first-order valence-electron chi connectivity index (χ1n) is 15.2.